The molecule has 17 heavy (non-hydrogen) atoms. The second-order valence-corrected chi connectivity index (χ2v) is 4.41. The molecule has 3 nitrogen and oxygen atoms in total. The lowest BCUT2D eigenvalue weighted by Gasteiger charge is -2.15. The summed E-state index contributed by atoms with van der Waals surface area (Å²) in [6.45, 7) is 6.46. The van der Waals surface area contributed by atoms with E-state index < -0.39 is 6.04 Å². The summed E-state index contributed by atoms with van der Waals surface area (Å²) >= 11 is 0. The minimum absolute atomic E-state index is 0. The third kappa shape index (κ3) is 4.75. The highest BCUT2D eigenvalue weighted by Crippen LogP contribution is 2.06. The topological polar surface area (TPSA) is 55.1 Å². The van der Waals surface area contributed by atoms with Gasteiger partial charge in [0.2, 0.25) is 5.91 Å². The first-order valence-electron chi connectivity index (χ1n) is 5.60. The SMILES string of the molecule is Cc1ccccc1CNC(=O)C(N)C(C)C.Cl. The van der Waals surface area contributed by atoms with Crippen LogP contribution < -0.4 is 11.1 Å². The van der Waals surface area contributed by atoms with Crippen molar-refractivity contribution in [2.24, 2.45) is 11.7 Å². The standard InChI is InChI=1S/C13H20N2O.ClH/c1-9(2)12(14)13(16)15-8-11-7-5-4-6-10(11)3;/h4-7,9,12H,8,14H2,1-3H3,(H,15,16);1H. The maximum Gasteiger partial charge on any atom is 0.237 e. The monoisotopic (exact) mass is 256 g/mol. The van der Waals surface area contributed by atoms with E-state index in [1.54, 1.807) is 0 Å². The Balaban J connectivity index is 0.00000256. The molecule has 0 aromatic heterocycles. The molecule has 0 aliphatic rings. The number of carbonyl (C=O) groups excluding carboxylic acids is 1. The van der Waals surface area contributed by atoms with E-state index in [2.05, 4.69) is 5.32 Å². The average molecular weight is 257 g/mol. The van der Waals surface area contributed by atoms with Crippen LogP contribution in [0.2, 0.25) is 0 Å². The summed E-state index contributed by atoms with van der Waals surface area (Å²) in [4.78, 5) is 11.6. The van der Waals surface area contributed by atoms with Crippen LogP contribution in [0.15, 0.2) is 24.3 Å². The molecule has 0 saturated heterocycles. The van der Waals surface area contributed by atoms with Crippen molar-refractivity contribution in [3.63, 3.8) is 0 Å². The van der Waals surface area contributed by atoms with Crippen LogP contribution in [0.1, 0.15) is 25.0 Å². The van der Waals surface area contributed by atoms with Gasteiger partial charge < -0.3 is 11.1 Å². The Bertz CT molecular complexity index is 366. The minimum Gasteiger partial charge on any atom is -0.351 e. The molecule has 0 aliphatic heterocycles. The molecule has 0 spiro atoms. The Labute approximate surface area is 109 Å². The number of halogens is 1. The Hall–Kier alpha value is -1.06. The number of hydrogen-bond acceptors (Lipinski definition) is 2. The first kappa shape index (κ1) is 15.9. The van der Waals surface area contributed by atoms with Crippen molar-refractivity contribution in [1.29, 1.82) is 0 Å². The van der Waals surface area contributed by atoms with Crippen LogP contribution in [-0.2, 0) is 11.3 Å². The highest BCUT2D eigenvalue weighted by atomic mass is 35.5. The maximum absolute atomic E-state index is 11.6. The molecule has 1 amide bonds. The fourth-order valence-corrected chi connectivity index (χ4v) is 1.41. The van der Waals surface area contributed by atoms with E-state index in [-0.39, 0.29) is 24.2 Å². The van der Waals surface area contributed by atoms with Crippen molar-refractivity contribution in [2.45, 2.75) is 33.4 Å². The highest BCUT2D eigenvalue weighted by Gasteiger charge is 2.16. The molecule has 3 N–H and O–H groups in total. The van der Waals surface area contributed by atoms with E-state index in [0.717, 1.165) is 5.56 Å². The quantitative estimate of drug-likeness (QED) is 0.866. The summed E-state index contributed by atoms with van der Waals surface area (Å²) in [5, 5.41) is 2.86. The van der Waals surface area contributed by atoms with Gasteiger partial charge in [0.05, 0.1) is 6.04 Å². The van der Waals surface area contributed by atoms with Gasteiger partial charge in [-0.3, -0.25) is 4.79 Å². The van der Waals surface area contributed by atoms with E-state index >= 15 is 0 Å². The van der Waals surface area contributed by atoms with Crippen LogP contribution in [-0.4, -0.2) is 11.9 Å². The van der Waals surface area contributed by atoms with Gasteiger partial charge in [-0.2, -0.15) is 0 Å². The molecule has 0 radical (unpaired) electrons. The van der Waals surface area contributed by atoms with Crippen molar-refractivity contribution in [2.75, 3.05) is 0 Å². The second-order valence-electron chi connectivity index (χ2n) is 4.41. The van der Waals surface area contributed by atoms with Gasteiger partial charge in [0.1, 0.15) is 0 Å². The van der Waals surface area contributed by atoms with Crippen molar-refractivity contribution >= 4 is 18.3 Å². The number of carbonyl (C=O) groups is 1. The zero-order valence-electron chi connectivity index (χ0n) is 10.6. The number of amides is 1. The highest BCUT2D eigenvalue weighted by molar-refractivity contribution is 5.85. The Kier molecular flexibility index (Phi) is 6.85. The molecule has 1 aromatic carbocycles. The van der Waals surface area contributed by atoms with Gasteiger partial charge >= 0.3 is 0 Å². The lowest BCUT2D eigenvalue weighted by Crippen LogP contribution is -2.43. The maximum atomic E-state index is 11.6. The number of benzene rings is 1. The summed E-state index contributed by atoms with van der Waals surface area (Å²) in [5.41, 5.74) is 8.06. The molecule has 96 valence electrons. The van der Waals surface area contributed by atoms with E-state index in [0.29, 0.717) is 6.54 Å². The molecule has 1 aromatic rings. The molecule has 1 unspecified atom stereocenters. The smallest absolute Gasteiger partial charge is 0.237 e. The van der Waals surface area contributed by atoms with Gasteiger partial charge in [-0.15, -0.1) is 12.4 Å². The zero-order chi connectivity index (χ0) is 12.1. The molecule has 0 fully saturated rings. The van der Waals surface area contributed by atoms with Crippen molar-refractivity contribution in [3.05, 3.63) is 35.4 Å². The van der Waals surface area contributed by atoms with Crippen LogP contribution in [0, 0.1) is 12.8 Å². The number of hydrogen-bond donors (Lipinski definition) is 2. The lowest BCUT2D eigenvalue weighted by atomic mass is 10.0. The van der Waals surface area contributed by atoms with E-state index in [4.69, 9.17) is 5.73 Å². The zero-order valence-corrected chi connectivity index (χ0v) is 11.4. The summed E-state index contributed by atoms with van der Waals surface area (Å²) in [7, 11) is 0. The molecule has 0 bridgehead atoms. The van der Waals surface area contributed by atoms with Crippen molar-refractivity contribution in [3.8, 4) is 0 Å². The van der Waals surface area contributed by atoms with Crippen LogP contribution >= 0.6 is 12.4 Å². The third-order valence-electron chi connectivity index (χ3n) is 2.74. The predicted octanol–water partition coefficient (Wildman–Crippen LogP) is 2.02. The van der Waals surface area contributed by atoms with Gasteiger partial charge in [0.25, 0.3) is 0 Å². The molecular formula is C13H21ClN2O. The normalized spacial score (nSPS) is 11.8. The first-order valence-corrected chi connectivity index (χ1v) is 5.60. The van der Waals surface area contributed by atoms with Crippen molar-refractivity contribution < 1.29 is 4.79 Å². The first-order chi connectivity index (χ1) is 7.52. The van der Waals surface area contributed by atoms with E-state index in [1.165, 1.54) is 5.56 Å². The van der Waals surface area contributed by atoms with Gasteiger partial charge in [-0.25, -0.2) is 0 Å². The minimum atomic E-state index is -0.427. The van der Waals surface area contributed by atoms with Crippen LogP contribution in [0.4, 0.5) is 0 Å². The summed E-state index contributed by atoms with van der Waals surface area (Å²) in [5.74, 6) is 0.0788. The molecule has 0 aliphatic carbocycles. The van der Waals surface area contributed by atoms with Crippen LogP contribution in [0.3, 0.4) is 0 Å². The molecular weight excluding hydrogens is 236 g/mol. The van der Waals surface area contributed by atoms with Gasteiger partial charge in [-0.05, 0) is 24.0 Å². The molecule has 1 rings (SSSR count). The predicted molar refractivity (Wildman–Crippen MR) is 73.1 cm³/mol. The largest absolute Gasteiger partial charge is 0.351 e. The fraction of sp³-hybridized carbons (Fsp3) is 0.462. The molecule has 1 atom stereocenters. The molecule has 4 heteroatoms. The summed E-state index contributed by atoms with van der Waals surface area (Å²) < 4.78 is 0. The van der Waals surface area contributed by atoms with Gasteiger partial charge in [0.15, 0.2) is 0 Å². The number of aryl methyl sites for hydroxylation is 1. The molecule has 0 saturated carbocycles. The summed E-state index contributed by atoms with van der Waals surface area (Å²) in [6, 6.07) is 7.57. The second kappa shape index (κ2) is 7.30. The summed E-state index contributed by atoms with van der Waals surface area (Å²) in [6.07, 6.45) is 0. The van der Waals surface area contributed by atoms with E-state index in [1.807, 2.05) is 45.0 Å². The Morgan fingerprint density at radius 2 is 1.94 bits per heavy atom. The Morgan fingerprint density at radius 3 is 2.47 bits per heavy atom. The van der Waals surface area contributed by atoms with Crippen LogP contribution in [0.5, 0.6) is 0 Å². The number of nitrogens with one attached hydrogen (secondary N) is 1. The third-order valence-corrected chi connectivity index (χ3v) is 2.74. The van der Waals surface area contributed by atoms with Gasteiger partial charge in [0, 0.05) is 6.54 Å². The van der Waals surface area contributed by atoms with Crippen molar-refractivity contribution in [1.82, 2.24) is 5.32 Å². The Morgan fingerprint density at radius 1 is 1.35 bits per heavy atom. The van der Waals surface area contributed by atoms with Gasteiger partial charge in [-0.1, -0.05) is 38.1 Å². The number of nitrogens with two attached hydrogens (primary N) is 1. The molecule has 0 heterocycles. The lowest BCUT2D eigenvalue weighted by molar-refractivity contribution is -0.123. The number of rotatable bonds is 4. The average Bonchev–Trinajstić information content (AvgIpc) is 2.26. The van der Waals surface area contributed by atoms with E-state index in [9.17, 15) is 4.79 Å². The fourth-order valence-electron chi connectivity index (χ4n) is 1.41. The van der Waals surface area contributed by atoms with Crippen LogP contribution in [0.25, 0.3) is 0 Å².